The van der Waals surface area contributed by atoms with Crippen LogP contribution in [-0.4, -0.2) is 48.7 Å². The minimum atomic E-state index is -0.921. The molecule has 0 aliphatic rings. The van der Waals surface area contributed by atoms with Crippen LogP contribution in [0.25, 0.3) is 0 Å². The molecule has 0 amide bonds. The highest BCUT2D eigenvalue weighted by molar-refractivity contribution is 5.90. The molecule has 0 saturated heterocycles. The molecule has 0 aliphatic carbocycles. The van der Waals surface area contributed by atoms with Gasteiger partial charge in [0.2, 0.25) is 0 Å². The van der Waals surface area contributed by atoms with Crippen LogP contribution in [0.4, 0.5) is 11.4 Å². The topological polar surface area (TPSA) is 69.8 Å². The van der Waals surface area contributed by atoms with Crippen LogP contribution >= 0.6 is 0 Å². The Morgan fingerprint density at radius 2 is 1.81 bits per heavy atom. The van der Waals surface area contributed by atoms with E-state index in [4.69, 9.17) is 10.8 Å². The van der Waals surface area contributed by atoms with Crippen molar-refractivity contribution in [2.24, 2.45) is 0 Å². The summed E-state index contributed by atoms with van der Waals surface area (Å²) in [6.07, 6.45) is 1.03. The lowest BCUT2D eigenvalue weighted by Crippen LogP contribution is -2.30. The summed E-state index contributed by atoms with van der Waals surface area (Å²) < 4.78 is 0. The van der Waals surface area contributed by atoms with Gasteiger partial charge >= 0.3 is 5.97 Å². The number of carboxylic acid groups (broad SMARTS) is 1. The third-order valence-electron chi connectivity index (χ3n) is 3.80. The molecule has 0 saturated carbocycles. The molecule has 0 fully saturated rings. The van der Waals surface area contributed by atoms with Crippen molar-refractivity contribution in [1.29, 1.82) is 0 Å². The van der Waals surface area contributed by atoms with E-state index in [0.29, 0.717) is 5.69 Å². The fourth-order valence-electron chi connectivity index (χ4n) is 2.42. The fraction of sp³-hybridized carbons (Fsp3) is 0.562. The van der Waals surface area contributed by atoms with Crippen LogP contribution in [0, 0.1) is 0 Å². The van der Waals surface area contributed by atoms with Crippen molar-refractivity contribution in [3.8, 4) is 0 Å². The van der Waals surface area contributed by atoms with Crippen molar-refractivity contribution in [3.63, 3.8) is 0 Å². The second-order valence-corrected chi connectivity index (χ2v) is 5.04. The Bertz CT molecular complexity index is 459. The number of carbonyl (C=O) groups is 1. The smallest absolute Gasteiger partial charge is 0.335 e. The molecule has 1 rings (SSSR count). The average Bonchev–Trinajstić information content (AvgIpc) is 2.48. The van der Waals surface area contributed by atoms with E-state index in [0.717, 1.165) is 44.8 Å². The Morgan fingerprint density at radius 1 is 1.14 bits per heavy atom. The number of nitrogens with zero attached hydrogens (tertiary/aromatic N) is 2. The first-order chi connectivity index (χ1) is 10.0. The van der Waals surface area contributed by atoms with Gasteiger partial charge in [-0.15, -0.1) is 0 Å². The number of anilines is 2. The first-order valence-corrected chi connectivity index (χ1v) is 7.63. The van der Waals surface area contributed by atoms with Crippen LogP contribution in [0.15, 0.2) is 18.2 Å². The van der Waals surface area contributed by atoms with E-state index in [2.05, 4.69) is 30.6 Å². The predicted octanol–water partition coefficient (Wildman–Crippen LogP) is 2.53. The molecule has 0 bridgehead atoms. The molecular formula is C16H27N3O2. The van der Waals surface area contributed by atoms with Gasteiger partial charge in [-0.2, -0.15) is 0 Å². The van der Waals surface area contributed by atoms with Crippen LogP contribution in [0.3, 0.4) is 0 Å². The maximum absolute atomic E-state index is 11.1. The number of nitrogens with two attached hydrogens (primary N) is 1. The van der Waals surface area contributed by atoms with Gasteiger partial charge in [-0.05, 0) is 51.2 Å². The minimum Gasteiger partial charge on any atom is -0.478 e. The Kier molecular flexibility index (Phi) is 7.02. The van der Waals surface area contributed by atoms with Crippen LogP contribution in [0.1, 0.15) is 37.6 Å². The molecule has 3 N–H and O–H groups in total. The summed E-state index contributed by atoms with van der Waals surface area (Å²) in [6, 6.07) is 4.88. The Labute approximate surface area is 127 Å². The molecule has 5 nitrogen and oxygen atoms in total. The highest BCUT2D eigenvalue weighted by Gasteiger charge is 2.12. The maximum Gasteiger partial charge on any atom is 0.335 e. The van der Waals surface area contributed by atoms with Crippen LogP contribution in [0.5, 0.6) is 0 Å². The summed E-state index contributed by atoms with van der Waals surface area (Å²) in [5.74, 6) is -0.921. The standard InChI is InChI=1S/C16H27N3O2/c1-4-18(5-2)10-7-11-19(6-3)15-12-13(16(20)21)8-9-14(15)17/h8-9,12H,4-7,10-11,17H2,1-3H3,(H,20,21). The normalized spacial score (nSPS) is 10.9. The van der Waals surface area contributed by atoms with E-state index in [1.54, 1.807) is 18.2 Å². The number of aromatic carboxylic acids is 1. The summed E-state index contributed by atoms with van der Waals surface area (Å²) in [7, 11) is 0. The highest BCUT2D eigenvalue weighted by atomic mass is 16.4. The quantitative estimate of drug-likeness (QED) is 0.685. The predicted molar refractivity (Wildman–Crippen MR) is 88.1 cm³/mol. The number of benzene rings is 1. The molecule has 118 valence electrons. The Balaban J connectivity index is 2.75. The molecule has 21 heavy (non-hydrogen) atoms. The van der Waals surface area contributed by atoms with E-state index in [1.807, 2.05) is 0 Å². The lowest BCUT2D eigenvalue weighted by atomic mass is 10.1. The lowest BCUT2D eigenvalue weighted by molar-refractivity contribution is 0.0697. The van der Waals surface area contributed by atoms with Crippen molar-refractivity contribution in [2.75, 3.05) is 43.4 Å². The van der Waals surface area contributed by atoms with Crippen molar-refractivity contribution in [3.05, 3.63) is 23.8 Å². The molecular weight excluding hydrogens is 266 g/mol. The van der Waals surface area contributed by atoms with Crippen LogP contribution in [0.2, 0.25) is 0 Å². The summed E-state index contributed by atoms with van der Waals surface area (Å²) >= 11 is 0. The maximum atomic E-state index is 11.1. The summed E-state index contributed by atoms with van der Waals surface area (Å²) in [5.41, 5.74) is 7.73. The number of hydrogen-bond donors (Lipinski definition) is 2. The van der Waals surface area contributed by atoms with E-state index in [9.17, 15) is 4.79 Å². The molecule has 5 heteroatoms. The van der Waals surface area contributed by atoms with Gasteiger partial charge in [0.15, 0.2) is 0 Å². The van der Waals surface area contributed by atoms with E-state index >= 15 is 0 Å². The molecule has 0 heterocycles. The summed E-state index contributed by atoms with van der Waals surface area (Å²) in [4.78, 5) is 15.6. The zero-order valence-electron chi connectivity index (χ0n) is 13.3. The minimum absolute atomic E-state index is 0.279. The van der Waals surface area contributed by atoms with Gasteiger partial charge < -0.3 is 20.6 Å². The highest BCUT2D eigenvalue weighted by Crippen LogP contribution is 2.24. The molecule has 0 unspecified atom stereocenters. The molecule has 0 aromatic heterocycles. The largest absolute Gasteiger partial charge is 0.478 e. The molecule has 0 atom stereocenters. The van der Waals surface area contributed by atoms with Crippen LogP contribution in [-0.2, 0) is 0 Å². The van der Waals surface area contributed by atoms with Gasteiger partial charge in [0, 0.05) is 13.1 Å². The van der Waals surface area contributed by atoms with Gasteiger partial charge in [0.1, 0.15) is 0 Å². The first-order valence-electron chi connectivity index (χ1n) is 7.63. The fourth-order valence-corrected chi connectivity index (χ4v) is 2.42. The SMILES string of the molecule is CCN(CC)CCCN(CC)c1cc(C(=O)O)ccc1N. The van der Waals surface area contributed by atoms with Gasteiger partial charge in [0.05, 0.1) is 16.9 Å². The van der Waals surface area contributed by atoms with E-state index in [-0.39, 0.29) is 5.56 Å². The van der Waals surface area contributed by atoms with Crippen molar-refractivity contribution >= 4 is 17.3 Å². The van der Waals surface area contributed by atoms with Crippen LogP contribution < -0.4 is 10.6 Å². The number of rotatable bonds is 9. The first kappa shape index (κ1) is 17.3. The third kappa shape index (κ3) is 4.93. The van der Waals surface area contributed by atoms with Gasteiger partial charge in [-0.1, -0.05) is 13.8 Å². The molecule has 0 radical (unpaired) electrons. The zero-order valence-corrected chi connectivity index (χ0v) is 13.3. The molecule has 1 aromatic carbocycles. The second-order valence-electron chi connectivity index (χ2n) is 5.04. The summed E-state index contributed by atoms with van der Waals surface area (Å²) in [5, 5.41) is 9.10. The molecule has 0 aliphatic heterocycles. The van der Waals surface area contributed by atoms with Crippen molar-refractivity contribution in [2.45, 2.75) is 27.2 Å². The van der Waals surface area contributed by atoms with E-state index < -0.39 is 5.97 Å². The van der Waals surface area contributed by atoms with Crippen molar-refractivity contribution in [1.82, 2.24) is 4.90 Å². The van der Waals surface area contributed by atoms with Gasteiger partial charge in [0.25, 0.3) is 0 Å². The molecule has 1 aromatic rings. The zero-order chi connectivity index (χ0) is 15.8. The van der Waals surface area contributed by atoms with Crippen molar-refractivity contribution < 1.29 is 9.90 Å². The second kappa shape index (κ2) is 8.52. The Morgan fingerprint density at radius 3 is 2.33 bits per heavy atom. The number of hydrogen-bond acceptors (Lipinski definition) is 4. The lowest BCUT2D eigenvalue weighted by Gasteiger charge is -2.26. The summed E-state index contributed by atoms with van der Waals surface area (Å²) in [6.45, 7) is 11.2. The molecule has 0 spiro atoms. The number of carboxylic acids is 1. The third-order valence-corrected chi connectivity index (χ3v) is 3.80. The number of nitrogen functional groups attached to an aromatic ring is 1. The van der Waals surface area contributed by atoms with E-state index in [1.165, 1.54) is 0 Å². The van der Waals surface area contributed by atoms with Gasteiger partial charge in [-0.25, -0.2) is 4.79 Å². The Hall–Kier alpha value is -1.75. The monoisotopic (exact) mass is 293 g/mol. The van der Waals surface area contributed by atoms with Gasteiger partial charge in [-0.3, -0.25) is 0 Å². The average molecular weight is 293 g/mol.